The summed E-state index contributed by atoms with van der Waals surface area (Å²) >= 11 is 4.00. The molecule has 2 saturated heterocycles. The van der Waals surface area contributed by atoms with Crippen molar-refractivity contribution in [3.05, 3.63) is 0 Å². The summed E-state index contributed by atoms with van der Waals surface area (Å²) in [6.07, 6.45) is 0.797. The van der Waals surface area contributed by atoms with Crippen LogP contribution in [0.15, 0.2) is 0 Å². The van der Waals surface area contributed by atoms with Crippen LogP contribution in [0.25, 0.3) is 0 Å². The van der Waals surface area contributed by atoms with E-state index in [1.807, 2.05) is 23.5 Å². The van der Waals surface area contributed by atoms with E-state index in [-0.39, 0.29) is 18.0 Å². The Kier molecular flexibility index (Phi) is 5.02. The average molecular weight is 275 g/mol. The molecule has 2 fully saturated rings. The third kappa shape index (κ3) is 3.30. The normalized spacial score (nSPS) is 32.4. The maximum atomic E-state index is 11.9. The Balaban J connectivity index is 2.03. The van der Waals surface area contributed by atoms with Crippen LogP contribution in [0.2, 0.25) is 0 Å². The van der Waals surface area contributed by atoms with Crippen molar-refractivity contribution < 1.29 is 4.79 Å². The van der Waals surface area contributed by atoms with Crippen molar-refractivity contribution in [3.63, 3.8) is 0 Å². The molecule has 98 valence electrons. The molecule has 3 N–H and O–H groups in total. The Morgan fingerprint density at radius 3 is 2.59 bits per heavy atom. The fourth-order valence-electron chi connectivity index (χ4n) is 2.52. The molecular weight excluding hydrogens is 254 g/mol. The Morgan fingerprint density at radius 1 is 1.35 bits per heavy atom. The zero-order chi connectivity index (χ0) is 12.3. The Hall–Kier alpha value is 0.0900. The fraction of sp³-hybridized carbons (Fsp3) is 0.909. The standard InChI is InChI=1S/C11H21N3OS2/c1-13-11(15)10-4-8(12)5-14(10)9-6-16-2-3-17-7-9/h8-10H,2-7,12H2,1H3,(H,13,15)/t8-,10+/m1/s1. The summed E-state index contributed by atoms with van der Waals surface area (Å²) in [5, 5.41) is 2.76. The highest BCUT2D eigenvalue weighted by Crippen LogP contribution is 2.26. The molecule has 0 spiro atoms. The smallest absolute Gasteiger partial charge is 0.237 e. The number of likely N-dealkylation sites (tertiary alicyclic amines) is 1. The molecule has 0 unspecified atom stereocenters. The summed E-state index contributed by atoms with van der Waals surface area (Å²) in [5.74, 6) is 4.84. The van der Waals surface area contributed by atoms with E-state index >= 15 is 0 Å². The van der Waals surface area contributed by atoms with E-state index in [4.69, 9.17) is 5.73 Å². The summed E-state index contributed by atoms with van der Waals surface area (Å²) in [7, 11) is 1.71. The van der Waals surface area contributed by atoms with Gasteiger partial charge < -0.3 is 11.1 Å². The first kappa shape index (κ1) is 13.5. The molecule has 17 heavy (non-hydrogen) atoms. The highest BCUT2D eigenvalue weighted by Gasteiger charge is 2.38. The summed E-state index contributed by atoms with van der Waals surface area (Å²) in [6.45, 7) is 0.865. The van der Waals surface area contributed by atoms with Crippen molar-refractivity contribution in [2.45, 2.75) is 24.5 Å². The number of thioether (sulfide) groups is 2. The van der Waals surface area contributed by atoms with Gasteiger partial charge >= 0.3 is 0 Å². The average Bonchev–Trinajstić information content (AvgIpc) is 2.56. The van der Waals surface area contributed by atoms with Crippen LogP contribution in [0.5, 0.6) is 0 Å². The van der Waals surface area contributed by atoms with Gasteiger partial charge in [0.25, 0.3) is 0 Å². The monoisotopic (exact) mass is 275 g/mol. The lowest BCUT2D eigenvalue weighted by Gasteiger charge is -2.30. The lowest BCUT2D eigenvalue weighted by Crippen LogP contribution is -2.48. The van der Waals surface area contributed by atoms with Crippen molar-refractivity contribution in [3.8, 4) is 0 Å². The van der Waals surface area contributed by atoms with E-state index in [2.05, 4.69) is 10.2 Å². The molecule has 0 aromatic heterocycles. The number of hydrogen-bond acceptors (Lipinski definition) is 5. The Bertz CT molecular complexity index is 269. The molecule has 2 rings (SSSR count). The van der Waals surface area contributed by atoms with Gasteiger partial charge in [0.2, 0.25) is 5.91 Å². The minimum absolute atomic E-state index is 0.0145. The largest absolute Gasteiger partial charge is 0.358 e. The lowest BCUT2D eigenvalue weighted by molar-refractivity contribution is -0.125. The second-order valence-electron chi connectivity index (χ2n) is 4.63. The van der Waals surface area contributed by atoms with Crippen LogP contribution in [0.1, 0.15) is 6.42 Å². The van der Waals surface area contributed by atoms with Gasteiger partial charge in [0.05, 0.1) is 6.04 Å². The third-order valence-corrected chi connectivity index (χ3v) is 5.87. The molecule has 0 aromatic carbocycles. The van der Waals surface area contributed by atoms with Crippen LogP contribution in [0, 0.1) is 0 Å². The lowest BCUT2D eigenvalue weighted by atomic mass is 10.1. The first-order valence-electron chi connectivity index (χ1n) is 6.10. The molecule has 4 nitrogen and oxygen atoms in total. The predicted octanol–water partition coefficient (Wildman–Crippen LogP) is -0.0174. The molecule has 2 heterocycles. The number of amides is 1. The summed E-state index contributed by atoms with van der Waals surface area (Å²) in [6, 6.07) is 0.637. The SMILES string of the molecule is CNC(=O)[C@@H]1C[C@@H](N)CN1C1CSCCSC1. The van der Waals surface area contributed by atoms with Crippen molar-refractivity contribution in [2.75, 3.05) is 36.6 Å². The van der Waals surface area contributed by atoms with E-state index < -0.39 is 0 Å². The zero-order valence-electron chi connectivity index (χ0n) is 10.2. The fourth-order valence-corrected chi connectivity index (χ4v) is 5.11. The first-order valence-corrected chi connectivity index (χ1v) is 8.41. The third-order valence-electron chi connectivity index (χ3n) is 3.38. The quantitative estimate of drug-likeness (QED) is 0.742. The van der Waals surface area contributed by atoms with Crippen molar-refractivity contribution in [2.24, 2.45) is 5.73 Å². The van der Waals surface area contributed by atoms with Gasteiger partial charge in [-0.3, -0.25) is 9.69 Å². The zero-order valence-corrected chi connectivity index (χ0v) is 11.9. The maximum absolute atomic E-state index is 11.9. The molecule has 0 radical (unpaired) electrons. The van der Waals surface area contributed by atoms with Gasteiger partial charge in [0.15, 0.2) is 0 Å². The van der Waals surface area contributed by atoms with E-state index in [9.17, 15) is 4.79 Å². The topological polar surface area (TPSA) is 58.4 Å². The molecule has 0 aromatic rings. The van der Waals surface area contributed by atoms with Gasteiger partial charge in [-0.1, -0.05) is 0 Å². The van der Waals surface area contributed by atoms with E-state index in [0.29, 0.717) is 6.04 Å². The molecule has 6 heteroatoms. The molecule has 0 aliphatic carbocycles. The predicted molar refractivity (Wildman–Crippen MR) is 75.6 cm³/mol. The van der Waals surface area contributed by atoms with E-state index in [1.165, 1.54) is 11.5 Å². The second kappa shape index (κ2) is 6.31. The molecule has 1 amide bonds. The van der Waals surface area contributed by atoms with Crippen molar-refractivity contribution in [1.82, 2.24) is 10.2 Å². The van der Waals surface area contributed by atoms with E-state index in [1.54, 1.807) is 7.05 Å². The number of nitrogens with zero attached hydrogens (tertiary/aromatic N) is 1. The number of rotatable bonds is 2. The van der Waals surface area contributed by atoms with Gasteiger partial charge in [0, 0.05) is 48.7 Å². The van der Waals surface area contributed by atoms with Gasteiger partial charge in [-0.15, -0.1) is 0 Å². The van der Waals surface area contributed by atoms with Gasteiger partial charge in [-0.05, 0) is 6.42 Å². The van der Waals surface area contributed by atoms with E-state index in [0.717, 1.165) is 24.5 Å². The summed E-state index contributed by atoms with van der Waals surface area (Å²) in [4.78, 5) is 14.2. The molecule has 2 aliphatic heterocycles. The highest BCUT2D eigenvalue weighted by molar-refractivity contribution is 8.03. The number of carbonyl (C=O) groups excluding carboxylic acids is 1. The van der Waals surface area contributed by atoms with Gasteiger partial charge in [-0.2, -0.15) is 23.5 Å². The number of nitrogens with one attached hydrogen (secondary N) is 1. The number of hydrogen-bond donors (Lipinski definition) is 2. The van der Waals surface area contributed by atoms with Crippen LogP contribution < -0.4 is 11.1 Å². The van der Waals surface area contributed by atoms with Crippen LogP contribution >= 0.6 is 23.5 Å². The number of carbonyl (C=O) groups is 1. The molecule has 0 saturated carbocycles. The number of likely N-dealkylation sites (N-methyl/N-ethyl adjacent to an activating group) is 1. The van der Waals surface area contributed by atoms with Crippen LogP contribution in [0.4, 0.5) is 0 Å². The van der Waals surface area contributed by atoms with Crippen molar-refractivity contribution in [1.29, 1.82) is 0 Å². The van der Waals surface area contributed by atoms with Crippen LogP contribution in [-0.2, 0) is 4.79 Å². The first-order chi connectivity index (χ1) is 8.22. The van der Waals surface area contributed by atoms with Crippen molar-refractivity contribution >= 4 is 29.4 Å². The molecular formula is C11H21N3OS2. The molecule has 2 atom stereocenters. The van der Waals surface area contributed by atoms with Gasteiger partial charge in [-0.25, -0.2) is 0 Å². The molecule has 2 aliphatic rings. The summed E-state index contributed by atoms with van der Waals surface area (Å²) < 4.78 is 0. The summed E-state index contributed by atoms with van der Waals surface area (Å²) in [5.41, 5.74) is 6.02. The Morgan fingerprint density at radius 2 is 2.00 bits per heavy atom. The minimum Gasteiger partial charge on any atom is -0.358 e. The van der Waals surface area contributed by atoms with Crippen LogP contribution in [0.3, 0.4) is 0 Å². The minimum atomic E-state index is -0.0145. The highest BCUT2D eigenvalue weighted by atomic mass is 32.2. The van der Waals surface area contributed by atoms with Gasteiger partial charge in [0.1, 0.15) is 0 Å². The molecule has 0 bridgehead atoms. The number of nitrogens with two attached hydrogens (primary N) is 1. The second-order valence-corrected chi connectivity index (χ2v) is 6.93. The Labute approximate surface area is 111 Å². The maximum Gasteiger partial charge on any atom is 0.237 e. The van der Waals surface area contributed by atoms with Crippen LogP contribution in [-0.4, -0.2) is 65.5 Å².